The number of carbonyl (C=O) groups excluding carboxylic acids is 3. The van der Waals surface area contributed by atoms with Gasteiger partial charge in [0, 0.05) is 29.9 Å². The van der Waals surface area contributed by atoms with E-state index in [0.29, 0.717) is 18.7 Å². The predicted molar refractivity (Wildman–Crippen MR) is 102 cm³/mol. The Morgan fingerprint density at radius 1 is 1.16 bits per heavy atom. The minimum absolute atomic E-state index is 0.0193. The van der Waals surface area contributed by atoms with Crippen molar-refractivity contribution in [1.82, 2.24) is 10.2 Å². The largest absolute Gasteiger partial charge is 0.356 e. The maximum Gasteiger partial charge on any atom is 0.244 e. The lowest BCUT2D eigenvalue weighted by Gasteiger charge is -2.19. The molecule has 1 aromatic rings. The van der Waals surface area contributed by atoms with E-state index in [4.69, 9.17) is 0 Å². The molecule has 25 heavy (non-hydrogen) atoms. The van der Waals surface area contributed by atoms with E-state index >= 15 is 0 Å². The Morgan fingerprint density at radius 3 is 2.40 bits per heavy atom. The Kier molecular flexibility index (Phi) is 8.09. The van der Waals surface area contributed by atoms with Gasteiger partial charge in [-0.2, -0.15) is 0 Å². The predicted octanol–water partition coefficient (Wildman–Crippen LogP) is 2.79. The lowest BCUT2D eigenvalue weighted by atomic mass is 9.96. The van der Waals surface area contributed by atoms with Gasteiger partial charge in [-0.15, -0.1) is 0 Å². The summed E-state index contributed by atoms with van der Waals surface area (Å²) < 4.78 is 0.784. The van der Waals surface area contributed by atoms with Crippen molar-refractivity contribution in [2.24, 2.45) is 5.41 Å². The highest BCUT2D eigenvalue weighted by Gasteiger charge is 2.20. The third kappa shape index (κ3) is 7.69. The summed E-state index contributed by atoms with van der Waals surface area (Å²) in [5, 5.41) is 5.56. The number of hydrogen-bond donors (Lipinski definition) is 2. The van der Waals surface area contributed by atoms with Crippen LogP contribution in [0.1, 0.15) is 33.6 Å². The Morgan fingerprint density at radius 2 is 1.80 bits per heavy atom. The molecule has 1 rings (SSSR count). The zero-order chi connectivity index (χ0) is 19.0. The molecule has 0 saturated carbocycles. The average Bonchev–Trinajstić information content (AvgIpc) is 2.52. The summed E-state index contributed by atoms with van der Waals surface area (Å²) in [7, 11) is 1.59. The molecule has 0 aromatic heterocycles. The van der Waals surface area contributed by atoms with Gasteiger partial charge in [0.05, 0.1) is 12.2 Å². The van der Waals surface area contributed by atoms with Crippen molar-refractivity contribution >= 4 is 39.3 Å². The molecule has 6 nitrogen and oxygen atoms in total. The number of amides is 3. The number of likely N-dealkylation sites (N-methyl/N-ethyl adjacent to an activating group) is 1. The molecule has 0 bridgehead atoms. The molecule has 0 spiro atoms. The van der Waals surface area contributed by atoms with Crippen molar-refractivity contribution in [3.63, 3.8) is 0 Å². The molecule has 2 N–H and O–H groups in total. The van der Waals surface area contributed by atoms with Crippen LogP contribution in [0, 0.1) is 5.41 Å². The summed E-state index contributed by atoms with van der Waals surface area (Å²) in [6.45, 7) is 5.94. The maximum absolute atomic E-state index is 12.1. The fourth-order valence-electron chi connectivity index (χ4n) is 1.95. The molecule has 0 aliphatic rings. The lowest BCUT2D eigenvalue weighted by molar-refractivity contribution is -0.133. The van der Waals surface area contributed by atoms with Crippen molar-refractivity contribution in [3.8, 4) is 0 Å². The van der Waals surface area contributed by atoms with Gasteiger partial charge in [0.2, 0.25) is 17.7 Å². The van der Waals surface area contributed by atoms with Gasteiger partial charge in [0.15, 0.2) is 0 Å². The molecule has 138 valence electrons. The molecule has 0 atom stereocenters. The van der Waals surface area contributed by atoms with Crippen LogP contribution >= 0.6 is 15.9 Å². The molecule has 3 amide bonds. The maximum atomic E-state index is 12.1. The molecule has 0 aliphatic carbocycles. The van der Waals surface area contributed by atoms with Gasteiger partial charge in [-0.1, -0.05) is 32.9 Å². The highest BCUT2D eigenvalue weighted by molar-refractivity contribution is 9.10. The zero-order valence-corrected chi connectivity index (χ0v) is 16.8. The summed E-state index contributed by atoms with van der Waals surface area (Å²) in [5.74, 6) is -0.433. The van der Waals surface area contributed by atoms with Crippen molar-refractivity contribution < 1.29 is 14.4 Å². The van der Waals surface area contributed by atoms with Crippen molar-refractivity contribution in [1.29, 1.82) is 0 Å². The van der Waals surface area contributed by atoms with Crippen LogP contribution in [-0.4, -0.2) is 42.8 Å². The number of nitrogens with one attached hydrogen (secondary N) is 2. The summed E-state index contributed by atoms with van der Waals surface area (Å²) in [6.07, 6.45) is 0.820. The highest BCUT2D eigenvalue weighted by Crippen LogP contribution is 2.21. The first kappa shape index (κ1) is 21.2. The topological polar surface area (TPSA) is 78.5 Å². The molecule has 0 aliphatic heterocycles. The second kappa shape index (κ2) is 9.56. The van der Waals surface area contributed by atoms with Gasteiger partial charge >= 0.3 is 0 Å². The third-order valence-electron chi connectivity index (χ3n) is 3.49. The van der Waals surface area contributed by atoms with Gasteiger partial charge < -0.3 is 15.5 Å². The molecule has 0 fully saturated rings. The summed E-state index contributed by atoms with van der Waals surface area (Å²) in [5.41, 5.74) is 0.225. The van der Waals surface area contributed by atoms with Crippen LogP contribution in [0.5, 0.6) is 0 Å². The SMILES string of the molecule is CN(CC(=O)Nc1ccccc1Br)C(=O)CCCNC(=O)C(C)(C)C. The molecular formula is C18H26BrN3O3. The fourth-order valence-corrected chi connectivity index (χ4v) is 2.34. The van der Waals surface area contributed by atoms with E-state index < -0.39 is 5.41 Å². The second-order valence-electron chi connectivity index (χ2n) is 6.89. The van der Waals surface area contributed by atoms with E-state index in [0.717, 1.165) is 4.47 Å². The summed E-state index contributed by atoms with van der Waals surface area (Å²) in [6, 6.07) is 7.28. The van der Waals surface area contributed by atoms with E-state index in [1.54, 1.807) is 13.1 Å². The first-order chi connectivity index (χ1) is 11.6. The number of nitrogens with zero attached hydrogens (tertiary/aromatic N) is 1. The van der Waals surface area contributed by atoms with Crippen LogP contribution in [0.3, 0.4) is 0 Å². The second-order valence-corrected chi connectivity index (χ2v) is 7.74. The Labute approximate surface area is 157 Å². The van der Waals surface area contributed by atoms with Gasteiger partial charge in [-0.3, -0.25) is 14.4 Å². The molecule has 1 aromatic carbocycles. The Bertz CT molecular complexity index is 626. The van der Waals surface area contributed by atoms with Gasteiger partial charge in [-0.05, 0) is 34.5 Å². The quantitative estimate of drug-likeness (QED) is 0.676. The van der Waals surface area contributed by atoms with Crippen molar-refractivity contribution in [3.05, 3.63) is 28.7 Å². The van der Waals surface area contributed by atoms with Crippen LogP contribution in [0.2, 0.25) is 0 Å². The molecule has 0 saturated heterocycles. The fraction of sp³-hybridized carbons (Fsp3) is 0.500. The number of halogens is 1. The zero-order valence-electron chi connectivity index (χ0n) is 15.2. The number of hydrogen-bond acceptors (Lipinski definition) is 3. The van der Waals surface area contributed by atoms with Crippen LogP contribution in [0.4, 0.5) is 5.69 Å². The summed E-state index contributed by atoms with van der Waals surface area (Å²) in [4.78, 5) is 37.2. The number of rotatable bonds is 7. The summed E-state index contributed by atoms with van der Waals surface area (Å²) >= 11 is 3.36. The lowest BCUT2D eigenvalue weighted by Crippen LogP contribution is -2.37. The first-order valence-corrected chi connectivity index (χ1v) is 8.97. The van der Waals surface area contributed by atoms with E-state index in [9.17, 15) is 14.4 Å². The third-order valence-corrected chi connectivity index (χ3v) is 4.18. The Hall–Kier alpha value is -1.89. The number of anilines is 1. The standard InChI is InChI=1S/C18H26BrN3O3/c1-18(2,3)17(25)20-11-7-10-16(24)22(4)12-15(23)21-14-9-6-5-8-13(14)19/h5-6,8-9H,7,10-12H2,1-4H3,(H,20,25)(H,21,23). The Balaban J connectivity index is 2.33. The van der Waals surface area contributed by atoms with E-state index in [1.807, 2.05) is 39.0 Å². The van der Waals surface area contributed by atoms with Crippen LogP contribution < -0.4 is 10.6 Å². The van der Waals surface area contributed by atoms with Crippen molar-refractivity contribution in [2.45, 2.75) is 33.6 Å². The first-order valence-electron chi connectivity index (χ1n) is 8.18. The number of para-hydroxylation sites is 1. The number of carbonyl (C=O) groups is 3. The minimum Gasteiger partial charge on any atom is -0.356 e. The normalized spacial score (nSPS) is 10.9. The molecule has 0 unspecified atom stereocenters. The molecular weight excluding hydrogens is 386 g/mol. The van der Waals surface area contributed by atoms with E-state index in [-0.39, 0.29) is 30.7 Å². The van der Waals surface area contributed by atoms with Crippen molar-refractivity contribution in [2.75, 3.05) is 25.5 Å². The molecule has 0 heterocycles. The number of benzene rings is 1. The van der Waals surface area contributed by atoms with Gasteiger partial charge in [-0.25, -0.2) is 0 Å². The average molecular weight is 412 g/mol. The smallest absolute Gasteiger partial charge is 0.244 e. The highest BCUT2D eigenvalue weighted by atomic mass is 79.9. The molecule has 7 heteroatoms. The molecule has 0 radical (unpaired) electrons. The van der Waals surface area contributed by atoms with Gasteiger partial charge in [0.25, 0.3) is 0 Å². The van der Waals surface area contributed by atoms with Gasteiger partial charge in [0.1, 0.15) is 0 Å². The van der Waals surface area contributed by atoms with E-state index in [1.165, 1.54) is 4.90 Å². The van der Waals surface area contributed by atoms with Crippen LogP contribution in [-0.2, 0) is 14.4 Å². The van der Waals surface area contributed by atoms with Crippen LogP contribution in [0.15, 0.2) is 28.7 Å². The monoisotopic (exact) mass is 411 g/mol. The van der Waals surface area contributed by atoms with Crippen LogP contribution in [0.25, 0.3) is 0 Å². The minimum atomic E-state index is -0.440. The van der Waals surface area contributed by atoms with E-state index in [2.05, 4.69) is 26.6 Å².